The van der Waals surface area contributed by atoms with Gasteiger partial charge in [-0.05, 0) is 47.0 Å². The molecule has 1 N–H and O–H groups in total. The van der Waals surface area contributed by atoms with Crippen molar-refractivity contribution in [2.24, 2.45) is 0 Å². The van der Waals surface area contributed by atoms with Crippen LogP contribution in [0, 0.1) is 0 Å². The first-order valence-electron chi connectivity index (χ1n) is 9.41. The van der Waals surface area contributed by atoms with E-state index in [1.54, 1.807) is 12.1 Å². The minimum Gasteiger partial charge on any atom is -0.352 e. The second-order valence-electron chi connectivity index (χ2n) is 7.00. The van der Waals surface area contributed by atoms with Crippen molar-refractivity contribution in [1.82, 2.24) is 5.32 Å². The van der Waals surface area contributed by atoms with Crippen LogP contribution in [0.25, 0.3) is 10.8 Å². The standard InChI is InChI=1S/C22H22Cl2N2O3S/c1-30(28,29)26(19-10-11-20(23)21(24)14-19)12-4-7-22(27)25-15-16-8-9-17-5-2-3-6-18(17)13-16/h2-3,5-6,8-11,13-14H,4,7,12,15H2,1H3,(H,25,27). The number of amides is 1. The van der Waals surface area contributed by atoms with Crippen LogP contribution in [0.15, 0.2) is 60.7 Å². The Labute approximate surface area is 186 Å². The lowest BCUT2D eigenvalue weighted by molar-refractivity contribution is -0.121. The lowest BCUT2D eigenvalue weighted by Crippen LogP contribution is -2.32. The number of rotatable bonds is 8. The Balaban J connectivity index is 1.55. The largest absolute Gasteiger partial charge is 0.352 e. The highest BCUT2D eigenvalue weighted by atomic mass is 35.5. The van der Waals surface area contributed by atoms with E-state index in [0.29, 0.717) is 23.7 Å². The molecule has 3 aromatic carbocycles. The molecule has 0 radical (unpaired) electrons. The smallest absolute Gasteiger partial charge is 0.232 e. The van der Waals surface area contributed by atoms with Gasteiger partial charge in [-0.25, -0.2) is 8.42 Å². The Kier molecular flexibility index (Phi) is 7.23. The van der Waals surface area contributed by atoms with Gasteiger partial charge in [0, 0.05) is 19.5 Å². The van der Waals surface area contributed by atoms with Gasteiger partial charge < -0.3 is 5.32 Å². The zero-order chi connectivity index (χ0) is 21.7. The van der Waals surface area contributed by atoms with Gasteiger partial charge in [-0.15, -0.1) is 0 Å². The lowest BCUT2D eigenvalue weighted by Gasteiger charge is -2.22. The number of sulfonamides is 1. The van der Waals surface area contributed by atoms with Gasteiger partial charge in [0.2, 0.25) is 15.9 Å². The summed E-state index contributed by atoms with van der Waals surface area (Å²) in [6, 6.07) is 18.7. The van der Waals surface area contributed by atoms with Crippen molar-refractivity contribution in [3.63, 3.8) is 0 Å². The summed E-state index contributed by atoms with van der Waals surface area (Å²) in [5.41, 5.74) is 1.43. The minimum absolute atomic E-state index is 0.134. The maximum atomic E-state index is 12.2. The van der Waals surface area contributed by atoms with Crippen LogP contribution in [-0.4, -0.2) is 27.1 Å². The third-order valence-corrected chi connectivity index (χ3v) is 6.59. The number of anilines is 1. The van der Waals surface area contributed by atoms with Crippen molar-refractivity contribution in [2.45, 2.75) is 19.4 Å². The van der Waals surface area contributed by atoms with Crippen LogP contribution in [0.5, 0.6) is 0 Å². The molecule has 0 aromatic heterocycles. The summed E-state index contributed by atoms with van der Waals surface area (Å²) in [6.07, 6.45) is 1.70. The fourth-order valence-electron chi connectivity index (χ4n) is 3.15. The fraction of sp³-hybridized carbons (Fsp3) is 0.227. The van der Waals surface area contributed by atoms with E-state index in [-0.39, 0.29) is 23.9 Å². The first kappa shape index (κ1) is 22.4. The van der Waals surface area contributed by atoms with Crippen molar-refractivity contribution in [2.75, 3.05) is 17.1 Å². The predicted octanol–water partition coefficient (Wildman–Crippen LogP) is 5.01. The van der Waals surface area contributed by atoms with Crippen molar-refractivity contribution < 1.29 is 13.2 Å². The summed E-state index contributed by atoms with van der Waals surface area (Å²) < 4.78 is 25.6. The predicted molar refractivity (Wildman–Crippen MR) is 124 cm³/mol. The molecular formula is C22H22Cl2N2O3S. The lowest BCUT2D eigenvalue weighted by atomic mass is 10.1. The summed E-state index contributed by atoms with van der Waals surface area (Å²) in [6.45, 7) is 0.590. The summed E-state index contributed by atoms with van der Waals surface area (Å²) in [4.78, 5) is 12.2. The second-order valence-corrected chi connectivity index (χ2v) is 9.72. The van der Waals surface area contributed by atoms with Gasteiger partial charge >= 0.3 is 0 Å². The van der Waals surface area contributed by atoms with E-state index in [0.717, 1.165) is 22.6 Å². The molecule has 5 nitrogen and oxygen atoms in total. The molecule has 158 valence electrons. The Morgan fingerprint density at radius 1 is 0.967 bits per heavy atom. The van der Waals surface area contributed by atoms with Crippen LogP contribution in [0.4, 0.5) is 5.69 Å². The zero-order valence-electron chi connectivity index (χ0n) is 16.4. The van der Waals surface area contributed by atoms with E-state index in [4.69, 9.17) is 23.2 Å². The molecule has 0 unspecified atom stereocenters. The van der Waals surface area contributed by atoms with E-state index < -0.39 is 10.0 Å². The van der Waals surface area contributed by atoms with E-state index in [2.05, 4.69) is 5.32 Å². The number of carbonyl (C=O) groups excluding carboxylic acids is 1. The number of halogens is 2. The molecule has 30 heavy (non-hydrogen) atoms. The van der Waals surface area contributed by atoms with Gasteiger partial charge in [-0.2, -0.15) is 0 Å². The third kappa shape index (κ3) is 5.88. The maximum Gasteiger partial charge on any atom is 0.232 e. The van der Waals surface area contributed by atoms with Crippen LogP contribution in [-0.2, 0) is 21.4 Å². The number of nitrogens with zero attached hydrogens (tertiary/aromatic N) is 1. The fourth-order valence-corrected chi connectivity index (χ4v) is 4.40. The van der Waals surface area contributed by atoms with Gasteiger partial charge in [-0.1, -0.05) is 59.6 Å². The number of hydrogen-bond acceptors (Lipinski definition) is 3. The Hall–Kier alpha value is -2.28. The maximum absolute atomic E-state index is 12.2. The van der Waals surface area contributed by atoms with E-state index >= 15 is 0 Å². The number of carbonyl (C=O) groups is 1. The number of nitrogens with one attached hydrogen (secondary N) is 1. The summed E-state index contributed by atoms with van der Waals surface area (Å²) in [7, 11) is -3.52. The first-order valence-corrected chi connectivity index (χ1v) is 12.0. The molecule has 0 atom stereocenters. The second kappa shape index (κ2) is 9.69. The van der Waals surface area contributed by atoms with E-state index in [1.807, 2.05) is 42.5 Å². The van der Waals surface area contributed by atoms with Crippen LogP contribution >= 0.6 is 23.2 Å². The van der Waals surface area contributed by atoms with Gasteiger partial charge in [0.1, 0.15) is 0 Å². The molecule has 3 rings (SSSR count). The number of fused-ring (bicyclic) bond motifs is 1. The quantitative estimate of drug-likeness (QED) is 0.509. The molecule has 0 heterocycles. The molecule has 0 fully saturated rings. The Morgan fingerprint density at radius 3 is 2.40 bits per heavy atom. The monoisotopic (exact) mass is 464 g/mol. The van der Waals surface area contributed by atoms with Gasteiger partial charge in [0.05, 0.1) is 22.0 Å². The molecule has 3 aromatic rings. The normalized spacial score (nSPS) is 11.4. The molecule has 1 amide bonds. The molecule has 0 aliphatic rings. The Morgan fingerprint density at radius 2 is 1.70 bits per heavy atom. The molecule has 0 bridgehead atoms. The average molecular weight is 465 g/mol. The van der Waals surface area contributed by atoms with Gasteiger partial charge in [0.25, 0.3) is 0 Å². The Bertz CT molecular complexity index is 1170. The van der Waals surface area contributed by atoms with Crippen LogP contribution < -0.4 is 9.62 Å². The molecular weight excluding hydrogens is 443 g/mol. The van der Waals surface area contributed by atoms with Crippen LogP contribution in [0.2, 0.25) is 10.0 Å². The average Bonchev–Trinajstić information content (AvgIpc) is 2.71. The van der Waals surface area contributed by atoms with Gasteiger partial charge in [-0.3, -0.25) is 9.10 Å². The molecule has 0 spiro atoms. The molecule has 8 heteroatoms. The first-order chi connectivity index (χ1) is 14.2. The topological polar surface area (TPSA) is 66.5 Å². The molecule has 0 saturated carbocycles. The van der Waals surface area contributed by atoms with Crippen molar-refractivity contribution in [3.8, 4) is 0 Å². The molecule has 0 aliphatic heterocycles. The van der Waals surface area contributed by atoms with Crippen LogP contribution in [0.3, 0.4) is 0 Å². The highest BCUT2D eigenvalue weighted by Crippen LogP contribution is 2.28. The zero-order valence-corrected chi connectivity index (χ0v) is 18.8. The van der Waals surface area contributed by atoms with Crippen LogP contribution in [0.1, 0.15) is 18.4 Å². The summed E-state index contributed by atoms with van der Waals surface area (Å²) in [5.74, 6) is -0.134. The molecule has 0 saturated heterocycles. The summed E-state index contributed by atoms with van der Waals surface area (Å²) >= 11 is 11.9. The highest BCUT2D eigenvalue weighted by molar-refractivity contribution is 7.92. The van der Waals surface area contributed by atoms with E-state index in [1.165, 1.54) is 10.4 Å². The number of benzene rings is 3. The summed E-state index contributed by atoms with van der Waals surface area (Å²) in [5, 5.41) is 5.78. The highest BCUT2D eigenvalue weighted by Gasteiger charge is 2.18. The van der Waals surface area contributed by atoms with E-state index in [9.17, 15) is 13.2 Å². The van der Waals surface area contributed by atoms with Crippen molar-refractivity contribution in [1.29, 1.82) is 0 Å². The third-order valence-electron chi connectivity index (χ3n) is 4.66. The van der Waals surface area contributed by atoms with Crippen molar-refractivity contribution in [3.05, 3.63) is 76.3 Å². The molecule has 0 aliphatic carbocycles. The number of hydrogen-bond donors (Lipinski definition) is 1. The van der Waals surface area contributed by atoms with Crippen molar-refractivity contribution >= 4 is 55.6 Å². The minimum atomic E-state index is -3.52. The SMILES string of the molecule is CS(=O)(=O)N(CCCC(=O)NCc1ccc2ccccc2c1)c1ccc(Cl)c(Cl)c1. The van der Waals surface area contributed by atoms with Gasteiger partial charge in [0.15, 0.2) is 0 Å².